The molecule has 19 heavy (non-hydrogen) atoms. The SMILES string of the molecule is COC(=O)/C=C/c1ccc(CP(=O)(OC)OC)cc1. The summed E-state index contributed by atoms with van der Waals surface area (Å²) in [5.74, 6) is -0.410. The minimum atomic E-state index is -3.05. The van der Waals surface area contributed by atoms with Crippen LogP contribution >= 0.6 is 7.60 Å². The fourth-order valence-electron chi connectivity index (χ4n) is 1.39. The number of rotatable bonds is 6. The lowest BCUT2D eigenvalue weighted by atomic mass is 10.1. The normalized spacial score (nSPS) is 11.7. The zero-order valence-electron chi connectivity index (χ0n) is 11.2. The largest absolute Gasteiger partial charge is 0.466 e. The van der Waals surface area contributed by atoms with Gasteiger partial charge in [-0.1, -0.05) is 24.3 Å². The average molecular weight is 284 g/mol. The predicted molar refractivity (Wildman–Crippen MR) is 72.8 cm³/mol. The highest BCUT2D eigenvalue weighted by Crippen LogP contribution is 2.49. The van der Waals surface area contributed by atoms with Crippen molar-refractivity contribution in [3.8, 4) is 0 Å². The molecule has 1 rings (SSSR count). The molecule has 104 valence electrons. The van der Waals surface area contributed by atoms with E-state index in [1.54, 1.807) is 6.08 Å². The van der Waals surface area contributed by atoms with E-state index >= 15 is 0 Å². The van der Waals surface area contributed by atoms with Gasteiger partial charge < -0.3 is 13.8 Å². The lowest BCUT2D eigenvalue weighted by molar-refractivity contribution is -0.134. The van der Waals surface area contributed by atoms with Gasteiger partial charge in [0.05, 0.1) is 13.3 Å². The van der Waals surface area contributed by atoms with Gasteiger partial charge in [0.2, 0.25) is 0 Å². The third kappa shape index (κ3) is 4.99. The van der Waals surface area contributed by atoms with E-state index in [1.165, 1.54) is 27.4 Å². The van der Waals surface area contributed by atoms with Crippen molar-refractivity contribution in [1.29, 1.82) is 0 Å². The molecule has 0 aromatic heterocycles. The topological polar surface area (TPSA) is 61.8 Å². The van der Waals surface area contributed by atoms with Crippen molar-refractivity contribution in [1.82, 2.24) is 0 Å². The summed E-state index contributed by atoms with van der Waals surface area (Å²) < 4.78 is 26.2. The van der Waals surface area contributed by atoms with Crippen LogP contribution in [0.15, 0.2) is 30.3 Å². The van der Waals surface area contributed by atoms with Crippen LogP contribution in [0.1, 0.15) is 11.1 Å². The Kier molecular flexibility index (Phi) is 5.96. The van der Waals surface area contributed by atoms with Crippen molar-refractivity contribution >= 4 is 19.6 Å². The van der Waals surface area contributed by atoms with Gasteiger partial charge in [-0.05, 0) is 17.2 Å². The number of hydrogen-bond acceptors (Lipinski definition) is 5. The summed E-state index contributed by atoms with van der Waals surface area (Å²) in [5.41, 5.74) is 1.68. The van der Waals surface area contributed by atoms with Crippen LogP contribution in [0.25, 0.3) is 6.08 Å². The third-order valence-corrected chi connectivity index (χ3v) is 4.39. The van der Waals surface area contributed by atoms with Gasteiger partial charge in [0, 0.05) is 20.3 Å². The first-order valence-electron chi connectivity index (χ1n) is 5.58. The van der Waals surface area contributed by atoms with Gasteiger partial charge in [-0.25, -0.2) is 4.79 Å². The van der Waals surface area contributed by atoms with E-state index in [1.807, 2.05) is 24.3 Å². The van der Waals surface area contributed by atoms with Crippen LogP contribution in [0.4, 0.5) is 0 Å². The Morgan fingerprint density at radius 1 is 1.16 bits per heavy atom. The van der Waals surface area contributed by atoms with Crippen LogP contribution in [0.5, 0.6) is 0 Å². The maximum Gasteiger partial charge on any atom is 0.334 e. The zero-order valence-corrected chi connectivity index (χ0v) is 12.1. The summed E-state index contributed by atoms with van der Waals surface area (Å²) in [5, 5.41) is 0. The van der Waals surface area contributed by atoms with Gasteiger partial charge in [0.15, 0.2) is 0 Å². The Bertz CT molecular complexity index is 484. The Hall–Kier alpha value is -1.42. The first kappa shape index (κ1) is 15.6. The molecular formula is C13H17O5P. The van der Waals surface area contributed by atoms with Crippen molar-refractivity contribution in [2.24, 2.45) is 0 Å². The second kappa shape index (κ2) is 7.24. The molecule has 1 aromatic rings. The summed E-state index contributed by atoms with van der Waals surface area (Å²) in [6.45, 7) is 0. The molecule has 0 aliphatic rings. The fourth-order valence-corrected chi connectivity index (χ4v) is 2.46. The van der Waals surface area contributed by atoms with E-state index in [0.717, 1.165) is 11.1 Å². The van der Waals surface area contributed by atoms with Crippen molar-refractivity contribution in [3.63, 3.8) is 0 Å². The van der Waals surface area contributed by atoms with Crippen molar-refractivity contribution in [2.75, 3.05) is 21.3 Å². The molecule has 0 unspecified atom stereocenters. The van der Waals surface area contributed by atoms with E-state index < -0.39 is 13.6 Å². The lowest BCUT2D eigenvalue weighted by Crippen LogP contribution is -1.94. The van der Waals surface area contributed by atoms with Gasteiger partial charge in [0.1, 0.15) is 0 Å². The summed E-state index contributed by atoms with van der Waals surface area (Å²) in [6, 6.07) is 7.23. The molecular weight excluding hydrogens is 267 g/mol. The van der Waals surface area contributed by atoms with Gasteiger partial charge in [0.25, 0.3) is 0 Å². The van der Waals surface area contributed by atoms with E-state index in [-0.39, 0.29) is 6.16 Å². The fraction of sp³-hybridized carbons (Fsp3) is 0.308. The number of esters is 1. The van der Waals surface area contributed by atoms with Gasteiger partial charge in [-0.3, -0.25) is 4.57 Å². The number of carbonyl (C=O) groups excluding carboxylic acids is 1. The number of ether oxygens (including phenoxy) is 1. The molecule has 0 radical (unpaired) electrons. The smallest absolute Gasteiger partial charge is 0.334 e. The molecule has 0 heterocycles. The zero-order chi connectivity index (χ0) is 14.3. The summed E-state index contributed by atoms with van der Waals surface area (Å²) in [7, 11) is 0.994. The van der Waals surface area contributed by atoms with Crippen molar-refractivity contribution in [2.45, 2.75) is 6.16 Å². The molecule has 0 aliphatic carbocycles. The number of methoxy groups -OCH3 is 1. The van der Waals surface area contributed by atoms with Crippen LogP contribution in [-0.4, -0.2) is 27.3 Å². The molecule has 0 atom stereocenters. The second-order valence-corrected chi connectivity index (χ2v) is 6.00. The Morgan fingerprint density at radius 3 is 2.21 bits per heavy atom. The van der Waals surface area contributed by atoms with E-state index in [2.05, 4.69) is 4.74 Å². The number of hydrogen-bond donors (Lipinski definition) is 0. The molecule has 0 aliphatic heterocycles. The molecule has 5 nitrogen and oxygen atoms in total. The van der Waals surface area contributed by atoms with Crippen molar-refractivity contribution < 1.29 is 23.1 Å². The molecule has 0 bridgehead atoms. The predicted octanol–water partition coefficient (Wildman–Crippen LogP) is 2.86. The van der Waals surface area contributed by atoms with Crippen LogP contribution in [-0.2, 0) is 29.3 Å². The van der Waals surface area contributed by atoms with Gasteiger partial charge in [-0.15, -0.1) is 0 Å². The molecule has 6 heteroatoms. The molecule has 0 amide bonds. The molecule has 0 N–H and O–H groups in total. The highest BCUT2D eigenvalue weighted by Gasteiger charge is 2.21. The summed E-state index contributed by atoms with van der Waals surface area (Å²) in [6.07, 6.45) is 3.19. The molecule has 0 spiro atoms. The maximum atomic E-state index is 11.9. The minimum absolute atomic E-state index is 0.209. The van der Waals surface area contributed by atoms with Crippen LogP contribution in [0.2, 0.25) is 0 Å². The highest BCUT2D eigenvalue weighted by molar-refractivity contribution is 7.52. The second-order valence-electron chi connectivity index (χ2n) is 3.73. The highest BCUT2D eigenvalue weighted by atomic mass is 31.2. The summed E-state index contributed by atoms with van der Waals surface area (Å²) >= 11 is 0. The van der Waals surface area contributed by atoms with Crippen LogP contribution in [0.3, 0.4) is 0 Å². The van der Waals surface area contributed by atoms with Gasteiger partial charge in [-0.2, -0.15) is 0 Å². The monoisotopic (exact) mass is 284 g/mol. The first-order valence-corrected chi connectivity index (χ1v) is 7.31. The molecule has 1 aromatic carbocycles. The summed E-state index contributed by atoms with van der Waals surface area (Å²) in [4.78, 5) is 10.9. The van der Waals surface area contributed by atoms with Gasteiger partial charge >= 0.3 is 13.6 Å². The minimum Gasteiger partial charge on any atom is -0.466 e. The average Bonchev–Trinajstić information content (AvgIpc) is 2.46. The number of carbonyl (C=O) groups is 1. The standard InChI is InChI=1S/C13H17O5P/c1-16-13(14)9-8-11-4-6-12(7-5-11)10-19(15,17-2)18-3/h4-9H,10H2,1-3H3/b9-8+. The Morgan fingerprint density at radius 2 is 1.74 bits per heavy atom. The van der Waals surface area contributed by atoms with Crippen LogP contribution < -0.4 is 0 Å². The lowest BCUT2D eigenvalue weighted by Gasteiger charge is -2.13. The Balaban J connectivity index is 2.74. The van der Waals surface area contributed by atoms with E-state index in [0.29, 0.717) is 0 Å². The number of benzene rings is 1. The van der Waals surface area contributed by atoms with Crippen molar-refractivity contribution in [3.05, 3.63) is 41.5 Å². The van der Waals surface area contributed by atoms with Crippen LogP contribution in [0, 0.1) is 0 Å². The molecule has 0 saturated carbocycles. The first-order chi connectivity index (χ1) is 9.03. The quantitative estimate of drug-likeness (QED) is 0.456. The van der Waals surface area contributed by atoms with E-state index in [4.69, 9.17) is 9.05 Å². The van der Waals surface area contributed by atoms with E-state index in [9.17, 15) is 9.36 Å². The maximum absolute atomic E-state index is 11.9. The Labute approximate surface area is 112 Å². The molecule has 0 saturated heterocycles. The molecule has 0 fully saturated rings. The third-order valence-electron chi connectivity index (χ3n) is 2.53.